The monoisotopic (exact) mass is 367 g/mol. The highest BCUT2D eigenvalue weighted by molar-refractivity contribution is 5.97. The van der Waals surface area contributed by atoms with E-state index in [0.29, 0.717) is 5.56 Å². The largest absolute Gasteiger partial charge is 0.352 e. The van der Waals surface area contributed by atoms with Crippen LogP contribution in [0.5, 0.6) is 0 Å². The first-order chi connectivity index (χ1) is 11.4. The molecule has 1 atom stereocenters. The van der Waals surface area contributed by atoms with Crippen molar-refractivity contribution in [2.24, 2.45) is 11.7 Å². The summed E-state index contributed by atoms with van der Waals surface area (Å²) in [5, 5.41) is 5.96. The van der Waals surface area contributed by atoms with Gasteiger partial charge in [0.2, 0.25) is 5.91 Å². The molecule has 2 amide bonds. The lowest BCUT2D eigenvalue weighted by Crippen LogP contribution is -2.53. The number of hydrogen-bond acceptors (Lipinski definition) is 3. The number of benzene rings is 1. The average molecular weight is 368 g/mol. The number of carbonyl (C=O) groups excluding carboxylic acids is 2. The van der Waals surface area contributed by atoms with Crippen molar-refractivity contribution in [1.82, 2.24) is 10.6 Å². The van der Waals surface area contributed by atoms with Crippen LogP contribution in [0, 0.1) is 12.8 Å². The molecular weight excluding hydrogens is 338 g/mol. The van der Waals surface area contributed by atoms with Crippen molar-refractivity contribution in [2.45, 2.75) is 64.6 Å². The Bertz CT molecular complexity index is 584. The summed E-state index contributed by atoms with van der Waals surface area (Å²) in [6, 6.07) is 7.26. The van der Waals surface area contributed by atoms with Gasteiger partial charge in [-0.25, -0.2) is 0 Å². The molecule has 0 aliphatic heterocycles. The van der Waals surface area contributed by atoms with Crippen molar-refractivity contribution in [1.29, 1.82) is 0 Å². The van der Waals surface area contributed by atoms with Gasteiger partial charge in [-0.3, -0.25) is 9.59 Å². The van der Waals surface area contributed by atoms with Crippen LogP contribution < -0.4 is 16.4 Å². The fraction of sp³-hybridized carbons (Fsp3) is 0.579. The highest BCUT2D eigenvalue weighted by Crippen LogP contribution is 2.17. The fourth-order valence-electron chi connectivity index (χ4n) is 3.10. The average Bonchev–Trinajstić information content (AvgIpc) is 2.54. The smallest absolute Gasteiger partial charge is 0.251 e. The van der Waals surface area contributed by atoms with Gasteiger partial charge in [-0.2, -0.15) is 0 Å². The quantitative estimate of drug-likeness (QED) is 0.747. The minimum Gasteiger partial charge on any atom is -0.352 e. The first-order valence-electron chi connectivity index (χ1n) is 8.80. The van der Waals surface area contributed by atoms with E-state index in [4.69, 9.17) is 5.73 Å². The maximum Gasteiger partial charge on any atom is 0.251 e. The van der Waals surface area contributed by atoms with Gasteiger partial charge in [-0.05, 0) is 50.7 Å². The van der Waals surface area contributed by atoms with Gasteiger partial charge in [-0.15, -0.1) is 12.4 Å². The van der Waals surface area contributed by atoms with Crippen LogP contribution in [0.1, 0.15) is 55.5 Å². The minimum atomic E-state index is -0.534. The Morgan fingerprint density at radius 2 is 1.80 bits per heavy atom. The summed E-state index contributed by atoms with van der Waals surface area (Å²) in [6.45, 7) is 5.83. The van der Waals surface area contributed by atoms with E-state index < -0.39 is 6.04 Å². The number of hydrogen-bond donors (Lipinski definition) is 3. The summed E-state index contributed by atoms with van der Waals surface area (Å²) in [7, 11) is 0. The maximum atomic E-state index is 12.6. The van der Waals surface area contributed by atoms with Gasteiger partial charge in [0.05, 0.1) is 0 Å². The molecule has 140 valence electrons. The lowest BCUT2D eigenvalue weighted by Gasteiger charge is -2.29. The zero-order valence-corrected chi connectivity index (χ0v) is 16.1. The summed E-state index contributed by atoms with van der Waals surface area (Å²) in [4.78, 5) is 25.1. The molecule has 25 heavy (non-hydrogen) atoms. The van der Waals surface area contributed by atoms with Gasteiger partial charge in [0, 0.05) is 17.6 Å². The summed E-state index contributed by atoms with van der Waals surface area (Å²) >= 11 is 0. The van der Waals surface area contributed by atoms with Gasteiger partial charge in [-0.1, -0.05) is 31.5 Å². The predicted molar refractivity (Wildman–Crippen MR) is 103 cm³/mol. The molecule has 1 fully saturated rings. The third kappa shape index (κ3) is 6.33. The number of carbonyl (C=O) groups is 2. The summed E-state index contributed by atoms with van der Waals surface area (Å²) in [5.74, 6) is -0.297. The molecule has 0 saturated heterocycles. The maximum absolute atomic E-state index is 12.6. The van der Waals surface area contributed by atoms with E-state index in [-0.39, 0.29) is 42.2 Å². The standard InChI is InChI=1S/C19H29N3O2.ClH/c1-12(2)17(19(24)21-16-9-7-15(20)8-10-16)22-18(23)14-6-4-5-13(3)11-14;/h4-6,11-12,15-17H,7-10,20H2,1-3H3,(H,21,24)(H,22,23);1H. The molecule has 1 unspecified atom stereocenters. The van der Waals surface area contributed by atoms with E-state index >= 15 is 0 Å². The molecule has 1 aromatic rings. The molecule has 1 aliphatic rings. The van der Waals surface area contributed by atoms with Crippen LogP contribution in [0.15, 0.2) is 24.3 Å². The Morgan fingerprint density at radius 3 is 2.36 bits per heavy atom. The lowest BCUT2D eigenvalue weighted by atomic mass is 9.91. The highest BCUT2D eigenvalue weighted by Gasteiger charge is 2.28. The number of halogens is 1. The third-order valence-electron chi connectivity index (χ3n) is 4.63. The topological polar surface area (TPSA) is 84.2 Å². The highest BCUT2D eigenvalue weighted by atomic mass is 35.5. The number of nitrogens with two attached hydrogens (primary N) is 1. The molecule has 5 nitrogen and oxygen atoms in total. The molecule has 0 bridgehead atoms. The molecule has 0 radical (unpaired) electrons. The molecule has 0 heterocycles. The number of rotatable bonds is 5. The normalized spacial score (nSPS) is 21.2. The molecule has 2 rings (SSSR count). The van der Waals surface area contributed by atoms with Crippen LogP contribution >= 0.6 is 12.4 Å². The summed E-state index contributed by atoms with van der Waals surface area (Å²) in [6.07, 6.45) is 3.69. The van der Waals surface area contributed by atoms with Crippen LogP contribution in [0.3, 0.4) is 0 Å². The lowest BCUT2D eigenvalue weighted by molar-refractivity contribution is -0.124. The van der Waals surface area contributed by atoms with Gasteiger partial charge in [0.1, 0.15) is 6.04 Å². The van der Waals surface area contributed by atoms with E-state index in [1.54, 1.807) is 6.07 Å². The second kappa shape index (κ2) is 9.78. The van der Waals surface area contributed by atoms with E-state index in [0.717, 1.165) is 31.2 Å². The van der Waals surface area contributed by atoms with Crippen LogP contribution in [-0.4, -0.2) is 29.9 Å². The van der Waals surface area contributed by atoms with Crippen molar-refractivity contribution < 1.29 is 9.59 Å². The second-order valence-electron chi connectivity index (χ2n) is 7.18. The SMILES string of the molecule is Cc1cccc(C(=O)NC(C(=O)NC2CCC(N)CC2)C(C)C)c1.Cl. The summed E-state index contributed by atoms with van der Waals surface area (Å²) < 4.78 is 0. The molecule has 0 spiro atoms. The second-order valence-corrected chi connectivity index (χ2v) is 7.18. The molecule has 1 aliphatic carbocycles. The third-order valence-corrected chi connectivity index (χ3v) is 4.63. The van der Waals surface area contributed by atoms with Gasteiger partial charge < -0.3 is 16.4 Å². The van der Waals surface area contributed by atoms with Gasteiger partial charge >= 0.3 is 0 Å². The Labute approximate surface area is 156 Å². The van der Waals surface area contributed by atoms with Crippen LogP contribution in [0.4, 0.5) is 0 Å². The summed E-state index contributed by atoms with van der Waals surface area (Å²) in [5.41, 5.74) is 7.51. The molecule has 0 aromatic heterocycles. The molecule has 6 heteroatoms. The van der Waals surface area contributed by atoms with E-state index in [1.807, 2.05) is 39.0 Å². The fourth-order valence-corrected chi connectivity index (χ4v) is 3.10. The van der Waals surface area contributed by atoms with E-state index in [9.17, 15) is 9.59 Å². The van der Waals surface area contributed by atoms with Crippen LogP contribution in [0.25, 0.3) is 0 Å². The first-order valence-corrected chi connectivity index (χ1v) is 8.80. The van der Waals surface area contributed by atoms with Gasteiger partial charge in [0.15, 0.2) is 0 Å². The van der Waals surface area contributed by atoms with Crippen molar-refractivity contribution in [3.05, 3.63) is 35.4 Å². The Kier molecular flexibility index (Phi) is 8.39. The van der Waals surface area contributed by atoms with Gasteiger partial charge in [0.25, 0.3) is 5.91 Å². The first kappa shape index (κ1) is 21.5. The predicted octanol–water partition coefficient (Wildman–Crippen LogP) is 2.56. The van der Waals surface area contributed by atoms with Crippen molar-refractivity contribution >= 4 is 24.2 Å². The zero-order valence-electron chi connectivity index (χ0n) is 15.2. The Morgan fingerprint density at radius 1 is 1.16 bits per heavy atom. The minimum absolute atomic E-state index is 0. The molecule has 4 N–H and O–H groups in total. The van der Waals surface area contributed by atoms with E-state index in [1.165, 1.54) is 0 Å². The zero-order chi connectivity index (χ0) is 17.7. The van der Waals surface area contributed by atoms with Crippen molar-refractivity contribution in [3.8, 4) is 0 Å². The molecule has 1 saturated carbocycles. The van der Waals surface area contributed by atoms with Crippen molar-refractivity contribution in [2.75, 3.05) is 0 Å². The van der Waals surface area contributed by atoms with E-state index in [2.05, 4.69) is 10.6 Å². The number of nitrogens with one attached hydrogen (secondary N) is 2. The van der Waals surface area contributed by atoms with Crippen molar-refractivity contribution in [3.63, 3.8) is 0 Å². The Hall–Kier alpha value is -1.59. The number of amides is 2. The number of aryl methyl sites for hydroxylation is 1. The van der Waals surface area contributed by atoms with Crippen LogP contribution in [-0.2, 0) is 4.79 Å². The van der Waals surface area contributed by atoms with Crippen LogP contribution in [0.2, 0.25) is 0 Å². The Balaban J connectivity index is 0.00000312. The molecule has 1 aromatic carbocycles. The molecular formula is C19H30ClN3O2.